The minimum atomic E-state index is -0.486. The van der Waals surface area contributed by atoms with Gasteiger partial charge in [0.15, 0.2) is 0 Å². The highest BCUT2D eigenvalue weighted by molar-refractivity contribution is 7.25. The third-order valence-electron chi connectivity index (χ3n) is 6.73. The lowest BCUT2D eigenvalue weighted by molar-refractivity contribution is 0.188. The van der Waals surface area contributed by atoms with Gasteiger partial charge in [-0.25, -0.2) is 5.43 Å². The van der Waals surface area contributed by atoms with Crippen molar-refractivity contribution in [2.45, 2.75) is 12.7 Å². The van der Waals surface area contributed by atoms with E-state index in [1.807, 2.05) is 52.9 Å². The maximum atomic E-state index is 9.17. The van der Waals surface area contributed by atoms with E-state index in [1.165, 1.54) is 20.2 Å². The van der Waals surface area contributed by atoms with Gasteiger partial charge in [-0.1, -0.05) is 91.0 Å². The van der Waals surface area contributed by atoms with Gasteiger partial charge >= 0.3 is 0 Å². The Bertz CT molecular complexity index is 1760. The Morgan fingerprint density at radius 1 is 0.769 bits per heavy atom. The Kier molecular flexibility index (Phi) is 7.05. The molecule has 5 nitrogen and oxygen atoms in total. The first kappa shape index (κ1) is 24.8. The van der Waals surface area contributed by atoms with Crippen molar-refractivity contribution in [3.8, 4) is 17.2 Å². The van der Waals surface area contributed by atoms with Gasteiger partial charge in [-0.05, 0) is 47.0 Å². The van der Waals surface area contributed by atoms with Crippen LogP contribution in [0.5, 0.6) is 0 Å². The van der Waals surface area contributed by atoms with Crippen LogP contribution in [-0.4, -0.2) is 5.12 Å². The van der Waals surface area contributed by atoms with Crippen LogP contribution in [0.3, 0.4) is 0 Å². The highest BCUT2D eigenvalue weighted by Crippen LogP contribution is 2.40. The van der Waals surface area contributed by atoms with Gasteiger partial charge in [-0.3, -0.25) is 0 Å². The lowest BCUT2D eigenvalue weighted by Crippen LogP contribution is -2.46. The Morgan fingerprint density at radius 3 is 2.21 bits per heavy atom. The van der Waals surface area contributed by atoms with E-state index in [9.17, 15) is 5.26 Å². The summed E-state index contributed by atoms with van der Waals surface area (Å²) in [7, 11) is 0. The summed E-state index contributed by atoms with van der Waals surface area (Å²) >= 11 is 1.81. The SMILES string of the molecule is N#Cc1ccc(C(N)NN(Cc2ccccc2)Nc2cc3c(cc2-c2ccccc2)sc2ccccc23)cc1. The molecule has 0 aliphatic carbocycles. The highest BCUT2D eigenvalue weighted by atomic mass is 32.1. The quantitative estimate of drug-likeness (QED) is 0.141. The second kappa shape index (κ2) is 11.1. The van der Waals surface area contributed by atoms with Crippen LogP contribution in [0, 0.1) is 11.3 Å². The number of rotatable bonds is 8. The number of hydrogen-bond acceptors (Lipinski definition) is 6. The first-order valence-electron chi connectivity index (χ1n) is 12.8. The summed E-state index contributed by atoms with van der Waals surface area (Å²) in [5.41, 5.74) is 19.6. The number of nitrogens with two attached hydrogens (primary N) is 1. The van der Waals surface area contributed by atoms with Gasteiger partial charge in [-0.15, -0.1) is 11.3 Å². The molecule has 0 spiro atoms. The lowest BCUT2D eigenvalue weighted by atomic mass is 10.0. The number of nitriles is 1. The monoisotopic (exact) mass is 525 g/mol. The molecular formula is C33H27N5S. The zero-order valence-corrected chi connectivity index (χ0v) is 22.0. The smallest absolute Gasteiger partial charge is 0.0991 e. The molecule has 0 amide bonds. The maximum absolute atomic E-state index is 9.17. The standard InChI is InChI=1S/C33H27N5S/c34-21-23-15-17-26(18-16-23)33(35)37-38(22-24-9-3-1-4-10-24)36-30-19-29-27-13-7-8-14-31(27)39-32(29)20-28(30)25-11-5-2-6-12-25/h1-20,33,36-37H,22,35H2. The molecule has 0 saturated carbocycles. The molecule has 0 aliphatic rings. The molecule has 0 fully saturated rings. The molecule has 1 heterocycles. The number of hydrazine groups is 2. The summed E-state index contributed by atoms with van der Waals surface area (Å²) < 4.78 is 2.52. The van der Waals surface area contributed by atoms with Crippen LogP contribution in [0.15, 0.2) is 121 Å². The predicted octanol–water partition coefficient (Wildman–Crippen LogP) is 7.58. The topological polar surface area (TPSA) is 77.1 Å². The van der Waals surface area contributed by atoms with Crippen LogP contribution in [0.4, 0.5) is 5.69 Å². The van der Waals surface area contributed by atoms with Gasteiger partial charge in [0.1, 0.15) is 0 Å². The molecule has 0 aliphatic heterocycles. The average Bonchev–Trinajstić information content (AvgIpc) is 3.35. The van der Waals surface area contributed by atoms with Crippen LogP contribution >= 0.6 is 11.3 Å². The fourth-order valence-corrected chi connectivity index (χ4v) is 5.88. The summed E-state index contributed by atoms with van der Waals surface area (Å²) in [6, 6.07) is 43.3. The molecule has 1 aromatic heterocycles. The van der Waals surface area contributed by atoms with Crippen molar-refractivity contribution < 1.29 is 0 Å². The Balaban J connectivity index is 1.41. The number of benzene rings is 5. The first-order valence-corrected chi connectivity index (χ1v) is 13.6. The van der Waals surface area contributed by atoms with Gasteiger partial charge in [-0.2, -0.15) is 10.4 Å². The summed E-state index contributed by atoms with van der Waals surface area (Å²) in [4.78, 5) is 0. The van der Waals surface area contributed by atoms with Gasteiger partial charge in [0.05, 0.1) is 30.0 Å². The van der Waals surface area contributed by atoms with Gasteiger partial charge in [0.2, 0.25) is 0 Å². The van der Waals surface area contributed by atoms with Crippen LogP contribution < -0.4 is 16.6 Å². The first-order chi connectivity index (χ1) is 19.2. The zero-order chi connectivity index (χ0) is 26.6. The normalized spacial score (nSPS) is 12.0. The van der Waals surface area contributed by atoms with Crippen molar-refractivity contribution in [1.29, 1.82) is 5.26 Å². The van der Waals surface area contributed by atoms with E-state index >= 15 is 0 Å². The fraction of sp³-hybridized carbons (Fsp3) is 0.0606. The fourth-order valence-electron chi connectivity index (χ4n) is 4.76. The Labute approximate surface area is 231 Å². The van der Waals surface area contributed by atoms with Crippen molar-refractivity contribution in [3.63, 3.8) is 0 Å². The molecule has 39 heavy (non-hydrogen) atoms. The number of anilines is 1. The second-order valence-corrected chi connectivity index (χ2v) is 10.5. The Hall–Kier alpha value is -4.51. The van der Waals surface area contributed by atoms with Crippen molar-refractivity contribution >= 4 is 37.2 Å². The number of fused-ring (bicyclic) bond motifs is 3. The third-order valence-corrected chi connectivity index (χ3v) is 7.87. The lowest BCUT2D eigenvalue weighted by Gasteiger charge is -2.29. The highest BCUT2D eigenvalue weighted by Gasteiger charge is 2.17. The van der Waals surface area contributed by atoms with Crippen molar-refractivity contribution in [1.82, 2.24) is 10.5 Å². The third kappa shape index (κ3) is 5.39. The van der Waals surface area contributed by atoms with Crippen molar-refractivity contribution in [2.75, 3.05) is 5.43 Å². The van der Waals surface area contributed by atoms with Crippen LogP contribution in [-0.2, 0) is 6.54 Å². The molecule has 1 unspecified atom stereocenters. The molecule has 1 atom stereocenters. The van der Waals surface area contributed by atoms with E-state index in [-0.39, 0.29) is 0 Å². The van der Waals surface area contributed by atoms with E-state index in [4.69, 9.17) is 5.73 Å². The molecule has 6 heteroatoms. The zero-order valence-electron chi connectivity index (χ0n) is 21.2. The molecule has 190 valence electrons. The largest absolute Gasteiger partial charge is 0.311 e. The number of nitrogens with one attached hydrogen (secondary N) is 2. The van der Waals surface area contributed by atoms with Gasteiger partial charge < -0.3 is 11.2 Å². The maximum Gasteiger partial charge on any atom is 0.0991 e. The molecule has 6 aromatic rings. The molecule has 6 rings (SSSR count). The molecule has 0 saturated heterocycles. The number of nitrogens with zero attached hydrogens (tertiary/aromatic N) is 2. The van der Waals surface area contributed by atoms with E-state index in [1.54, 1.807) is 12.1 Å². The molecule has 0 radical (unpaired) electrons. The van der Waals surface area contributed by atoms with Gasteiger partial charge in [0, 0.05) is 25.7 Å². The Morgan fingerprint density at radius 2 is 1.46 bits per heavy atom. The van der Waals surface area contributed by atoms with E-state index in [0.717, 1.165) is 27.9 Å². The second-order valence-electron chi connectivity index (χ2n) is 9.38. The number of thiophene rings is 1. The summed E-state index contributed by atoms with van der Waals surface area (Å²) in [6.45, 7) is 0.571. The predicted molar refractivity (Wildman–Crippen MR) is 162 cm³/mol. The minimum absolute atomic E-state index is 0.486. The summed E-state index contributed by atoms with van der Waals surface area (Å²) in [6.07, 6.45) is -0.486. The number of hydrogen-bond donors (Lipinski definition) is 3. The summed E-state index contributed by atoms with van der Waals surface area (Å²) in [5, 5.41) is 13.6. The van der Waals surface area contributed by atoms with Crippen LogP contribution in [0.25, 0.3) is 31.3 Å². The van der Waals surface area contributed by atoms with E-state index in [2.05, 4.69) is 89.7 Å². The van der Waals surface area contributed by atoms with Crippen LogP contribution in [0.1, 0.15) is 22.9 Å². The van der Waals surface area contributed by atoms with Crippen LogP contribution in [0.2, 0.25) is 0 Å². The minimum Gasteiger partial charge on any atom is -0.311 e. The molecular weight excluding hydrogens is 498 g/mol. The van der Waals surface area contributed by atoms with Crippen molar-refractivity contribution in [3.05, 3.63) is 138 Å². The molecule has 4 N–H and O–H groups in total. The van der Waals surface area contributed by atoms with Crippen molar-refractivity contribution in [2.24, 2.45) is 5.73 Å². The van der Waals surface area contributed by atoms with E-state index < -0.39 is 6.17 Å². The van der Waals surface area contributed by atoms with Gasteiger partial charge in [0.25, 0.3) is 0 Å². The summed E-state index contributed by atoms with van der Waals surface area (Å²) in [5.74, 6) is 0. The molecule has 0 bridgehead atoms. The molecule has 5 aromatic carbocycles. The van der Waals surface area contributed by atoms with E-state index in [0.29, 0.717) is 12.1 Å². The average molecular weight is 526 g/mol.